The first-order valence-corrected chi connectivity index (χ1v) is 7.72. The molecule has 1 atom stereocenters. The van der Waals surface area contributed by atoms with Gasteiger partial charge in [0.25, 0.3) is 0 Å². The Hall–Kier alpha value is -1.10. The molecule has 0 aliphatic heterocycles. The Morgan fingerprint density at radius 1 is 1.33 bits per heavy atom. The van der Waals surface area contributed by atoms with Crippen molar-refractivity contribution in [3.63, 3.8) is 0 Å². The summed E-state index contributed by atoms with van der Waals surface area (Å²) < 4.78 is 6.23. The summed E-state index contributed by atoms with van der Waals surface area (Å²) in [5.74, 6) is 0.819. The quantitative estimate of drug-likeness (QED) is 0.867. The first kappa shape index (κ1) is 16.3. The topological polar surface area (TPSA) is 42.4 Å². The minimum absolute atomic E-state index is 0.412. The lowest BCUT2D eigenvalue weighted by molar-refractivity contribution is 0.177. The Morgan fingerprint density at radius 2 is 2.05 bits per heavy atom. The molecular weight excluding hydrogens is 354 g/mol. The van der Waals surface area contributed by atoms with Gasteiger partial charge in [-0.15, -0.1) is 0 Å². The van der Waals surface area contributed by atoms with Crippen LogP contribution in [0.15, 0.2) is 28.9 Å². The largest absolute Gasteiger partial charge is 0.496 e. The predicted molar refractivity (Wildman–Crippen MR) is 88.1 cm³/mol. The Balaban J connectivity index is 2.29. The summed E-state index contributed by atoms with van der Waals surface area (Å²) in [5.41, 5.74) is 3.52. The molecule has 0 saturated carbocycles. The second-order valence-corrected chi connectivity index (χ2v) is 6.32. The Kier molecular flexibility index (Phi) is 5.25. The van der Waals surface area contributed by atoms with Crippen LogP contribution < -0.4 is 4.74 Å². The summed E-state index contributed by atoms with van der Waals surface area (Å²) >= 11 is 9.40. The summed E-state index contributed by atoms with van der Waals surface area (Å²) in [6.07, 6.45) is 1.51. The average molecular weight is 371 g/mol. The van der Waals surface area contributed by atoms with E-state index < -0.39 is 6.10 Å². The molecule has 5 heteroatoms. The maximum atomic E-state index is 10.4. The number of rotatable bonds is 4. The smallest absolute Gasteiger partial charge is 0.128 e. The molecule has 112 valence electrons. The highest BCUT2D eigenvalue weighted by Gasteiger charge is 2.15. The Labute approximate surface area is 138 Å². The third-order valence-electron chi connectivity index (χ3n) is 3.41. The van der Waals surface area contributed by atoms with Crippen molar-refractivity contribution >= 4 is 27.5 Å². The minimum Gasteiger partial charge on any atom is -0.496 e. The molecule has 21 heavy (non-hydrogen) atoms. The molecule has 0 aliphatic carbocycles. The molecule has 1 heterocycles. The second-order valence-electron chi connectivity index (χ2n) is 4.97. The van der Waals surface area contributed by atoms with E-state index in [2.05, 4.69) is 20.9 Å². The maximum absolute atomic E-state index is 10.4. The molecule has 1 aromatic heterocycles. The third kappa shape index (κ3) is 3.76. The molecule has 0 fully saturated rings. The normalized spacial score (nSPS) is 12.3. The molecule has 2 rings (SSSR count). The van der Waals surface area contributed by atoms with Crippen LogP contribution in [0.4, 0.5) is 0 Å². The fourth-order valence-electron chi connectivity index (χ4n) is 2.35. The van der Waals surface area contributed by atoms with Crippen LogP contribution in [0, 0.1) is 13.8 Å². The van der Waals surface area contributed by atoms with Crippen LogP contribution in [0.25, 0.3) is 0 Å². The van der Waals surface area contributed by atoms with E-state index in [0.29, 0.717) is 11.4 Å². The van der Waals surface area contributed by atoms with Crippen LogP contribution >= 0.6 is 27.5 Å². The van der Waals surface area contributed by atoms with Crippen molar-refractivity contribution < 1.29 is 9.84 Å². The van der Waals surface area contributed by atoms with Gasteiger partial charge in [0.1, 0.15) is 5.75 Å². The average Bonchev–Trinajstić information content (AvgIpc) is 2.41. The molecule has 0 saturated heterocycles. The highest BCUT2D eigenvalue weighted by atomic mass is 79.9. The SMILES string of the molecule is COc1c(C)cnc(CC(O)c2cc(Cl)cc(Br)c2)c1C. The maximum Gasteiger partial charge on any atom is 0.128 e. The molecule has 3 nitrogen and oxygen atoms in total. The van der Waals surface area contributed by atoms with Crippen molar-refractivity contribution in [3.8, 4) is 5.75 Å². The van der Waals surface area contributed by atoms with Gasteiger partial charge < -0.3 is 9.84 Å². The number of nitrogens with zero attached hydrogens (tertiary/aromatic N) is 1. The van der Waals surface area contributed by atoms with Crippen LogP contribution in [0.5, 0.6) is 5.75 Å². The number of methoxy groups -OCH3 is 1. The lowest BCUT2D eigenvalue weighted by atomic mass is 10.0. The molecule has 1 N–H and O–H groups in total. The Morgan fingerprint density at radius 3 is 2.67 bits per heavy atom. The van der Waals surface area contributed by atoms with Gasteiger partial charge in [0.15, 0.2) is 0 Å². The molecule has 2 aromatic rings. The zero-order valence-corrected chi connectivity index (χ0v) is 14.5. The highest BCUT2D eigenvalue weighted by Crippen LogP contribution is 2.29. The lowest BCUT2D eigenvalue weighted by Crippen LogP contribution is -2.07. The number of halogens is 2. The van der Waals surface area contributed by atoms with Crippen molar-refractivity contribution in [1.82, 2.24) is 4.98 Å². The van der Waals surface area contributed by atoms with Crippen LogP contribution in [-0.4, -0.2) is 17.2 Å². The van der Waals surface area contributed by atoms with Crippen molar-refractivity contribution in [3.05, 3.63) is 56.3 Å². The van der Waals surface area contributed by atoms with Crippen LogP contribution in [0.3, 0.4) is 0 Å². The Bertz CT molecular complexity index is 641. The molecule has 0 spiro atoms. The van der Waals surface area contributed by atoms with E-state index >= 15 is 0 Å². The predicted octanol–water partition coefficient (Wildman–Crippen LogP) is 4.40. The van der Waals surface area contributed by atoms with Crippen molar-refractivity contribution in [1.29, 1.82) is 0 Å². The third-order valence-corrected chi connectivity index (χ3v) is 4.08. The molecule has 0 radical (unpaired) electrons. The van der Waals surface area contributed by atoms with Gasteiger partial charge in [0, 0.05) is 38.9 Å². The van der Waals surface area contributed by atoms with Gasteiger partial charge in [-0.1, -0.05) is 27.5 Å². The highest BCUT2D eigenvalue weighted by molar-refractivity contribution is 9.10. The van der Waals surface area contributed by atoms with E-state index in [4.69, 9.17) is 16.3 Å². The number of aliphatic hydroxyl groups is 1. The fourth-order valence-corrected chi connectivity index (χ4v) is 3.23. The van der Waals surface area contributed by atoms with E-state index in [1.165, 1.54) is 0 Å². The number of hydrogen-bond donors (Lipinski definition) is 1. The minimum atomic E-state index is -0.668. The molecular formula is C16H17BrClNO2. The zero-order valence-electron chi connectivity index (χ0n) is 12.2. The summed E-state index contributed by atoms with van der Waals surface area (Å²) in [6, 6.07) is 5.41. The summed E-state index contributed by atoms with van der Waals surface area (Å²) in [4.78, 5) is 4.41. The molecule has 1 aromatic carbocycles. The molecule has 0 amide bonds. The zero-order chi connectivity index (χ0) is 15.6. The number of hydrogen-bond acceptors (Lipinski definition) is 3. The van der Waals surface area contributed by atoms with Crippen molar-refractivity contribution in [2.45, 2.75) is 26.4 Å². The van der Waals surface area contributed by atoms with Crippen molar-refractivity contribution in [2.24, 2.45) is 0 Å². The standard InChI is InChI=1S/C16H17BrClNO2/c1-9-8-19-14(10(2)16(9)21-3)7-15(20)11-4-12(17)6-13(18)5-11/h4-6,8,15,20H,7H2,1-3H3. The first-order valence-electron chi connectivity index (χ1n) is 6.55. The van der Waals surface area contributed by atoms with Crippen LogP contribution in [0.2, 0.25) is 5.02 Å². The van der Waals surface area contributed by atoms with Gasteiger partial charge in [-0.25, -0.2) is 0 Å². The number of aromatic nitrogens is 1. The van der Waals surface area contributed by atoms with E-state index in [9.17, 15) is 5.11 Å². The first-order chi connectivity index (χ1) is 9.92. The number of aliphatic hydroxyl groups excluding tert-OH is 1. The number of benzene rings is 1. The van der Waals surface area contributed by atoms with E-state index in [-0.39, 0.29) is 0 Å². The summed E-state index contributed by atoms with van der Waals surface area (Å²) in [6.45, 7) is 3.90. The fraction of sp³-hybridized carbons (Fsp3) is 0.312. The number of ether oxygens (including phenoxy) is 1. The molecule has 0 bridgehead atoms. The van der Waals surface area contributed by atoms with Gasteiger partial charge in [0.2, 0.25) is 0 Å². The van der Waals surface area contributed by atoms with E-state index in [0.717, 1.165) is 32.6 Å². The van der Waals surface area contributed by atoms with Gasteiger partial charge in [-0.2, -0.15) is 0 Å². The van der Waals surface area contributed by atoms with Gasteiger partial charge in [0.05, 0.1) is 13.2 Å². The number of aryl methyl sites for hydroxylation is 1. The van der Waals surface area contributed by atoms with Crippen LogP contribution in [0.1, 0.15) is 28.5 Å². The summed E-state index contributed by atoms with van der Waals surface area (Å²) in [7, 11) is 1.64. The van der Waals surface area contributed by atoms with Crippen LogP contribution in [-0.2, 0) is 6.42 Å². The van der Waals surface area contributed by atoms with Gasteiger partial charge in [-0.05, 0) is 37.6 Å². The van der Waals surface area contributed by atoms with Gasteiger partial charge >= 0.3 is 0 Å². The second kappa shape index (κ2) is 6.77. The lowest BCUT2D eigenvalue weighted by Gasteiger charge is -2.16. The van der Waals surface area contributed by atoms with Gasteiger partial charge in [-0.3, -0.25) is 4.98 Å². The number of pyridine rings is 1. The van der Waals surface area contributed by atoms with E-state index in [1.807, 2.05) is 19.9 Å². The van der Waals surface area contributed by atoms with E-state index in [1.54, 1.807) is 25.4 Å². The monoisotopic (exact) mass is 369 g/mol. The molecule has 1 unspecified atom stereocenters. The summed E-state index contributed by atoms with van der Waals surface area (Å²) in [5, 5.41) is 11.0. The molecule has 0 aliphatic rings. The van der Waals surface area contributed by atoms with Crippen molar-refractivity contribution in [2.75, 3.05) is 7.11 Å².